The maximum atomic E-state index is 13.4. The second-order valence-corrected chi connectivity index (χ2v) is 9.60. The first-order chi connectivity index (χ1) is 18.4. The number of cyclic esters (lactones) is 1. The smallest absolute Gasteiger partial charge is 0.310 e. The summed E-state index contributed by atoms with van der Waals surface area (Å²) in [5, 5.41) is 21.4. The Morgan fingerprint density at radius 2 is 1.97 bits per heavy atom. The molecule has 5 rings (SSSR count). The second-order valence-electron chi connectivity index (χ2n) is 9.60. The molecule has 0 aliphatic carbocycles. The third kappa shape index (κ3) is 5.06. The molecule has 3 amide bonds. The van der Waals surface area contributed by atoms with Crippen molar-refractivity contribution in [2.75, 3.05) is 13.2 Å². The Morgan fingerprint density at radius 1 is 1.16 bits per heavy atom. The molecule has 1 unspecified atom stereocenters. The molecular weight excluding hydrogens is 494 g/mol. The van der Waals surface area contributed by atoms with Gasteiger partial charge in [-0.2, -0.15) is 5.01 Å². The van der Waals surface area contributed by atoms with Crippen LogP contribution in [0, 0.1) is 0 Å². The molecule has 38 heavy (non-hydrogen) atoms. The van der Waals surface area contributed by atoms with Crippen LogP contribution in [0.3, 0.4) is 0 Å². The van der Waals surface area contributed by atoms with E-state index in [-0.39, 0.29) is 30.9 Å². The highest BCUT2D eigenvalue weighted by Crippen LogP contribution is 2.28. The molecule has 3 saturated heterocycles. The van der Waals surface area contributed by atoms with Gasteiger partial charge in [-0.15, -0.1) is 0 Å². The molecule has 2 aromatic rings. The molecule has 0 saturated carbocycles. The number of nitrogens with zero attached hydrogens (tertiary/aromatic N) is 3. The van der Waals surface area contributed by atoms with Gasteiger partial charge >= 0.3 is 5.97 Å². The number of aromatic nitrogens is 1. The Kier molecular flexibility index (Phi) is 7.54. The van der Waals surface area contributed by atoms with E-state index in [1.807, 2.05) is 18.2 Å². The highest BCUT2D eigenvalue weighted by molar-refractivity contribution is 6.05. The quantitative estimate of drug-likeness (QED) is 0.457. The van der Waals surface area contributed by atoms with Crippen LogP contribution in [0.25, 0.3) is 10.8 Å². The molecule has 0 spiro atoms. The molecule has 1 aromatic heterocycles. The number of aliphatic hydroxyl groups is 1. The van der Waals surface area contributed by atoms with E-state index in [2.05, 4.69) is 15.6 Å². The molecule has 3 fully saturated rings. The first-order valence-electron chi connectivity index (χ1n) is 12.9. The van der Waals surface area contributed by atoms with Gasteiger partial charge in [0.05, 0.1) is 12.5 Å². The van der Waals surface area contributed by atoms with E-state index in [4.69, 9.17) is 9.47 Å². The van der Waals surface area contributed by atoms with E-state index in [9.17, 15) is 24.3 Å². The lowest BCUT2D eigenvalue weighted by molar-refractivity contribution is -0.197. The van der Waals surface area contributed by atoms with Crippen LogP contribution in [0.1, 0.15) is 49.5 Å². The number of hydrogen-bond acceptors (Lipinski definition) is 9. The molecule has 12 heteroatoms. The average molecular weight is 526 g/mol. The van der Waals surface area contributed by atoms with Crippen LogP contribution in [0.2, 0.25) is 0 Å². The van der Waals surface area contributed by atoms with Crippen LogP contribution in [0.4, 0.5) is 0 Å². The molecule has 3 aliphatic heterocycles. The van der Waals surface area contributed by atoms with Crippen molar-refractivity contribution in [2.45, 2.75) is 69.7 Å². The maximum Gasteiger partial charge on any atom is 0.310 e. The molecule has 202 valence electrons. The van der Waals surface area contributed by atoms with Gasteiger partial charge in [0.25, 0.3) is 5.91 Å². The predicted octanol–water partition coefficient (Wildman–Crippen LogP) is 0.448. The normalized spacial score (nSPS) is 27.9. The van der Waals surface area contributed by atoms with Gasteiger partial charge in [0.2, 0.25) is 18.1 Å². The van der Waals surface area contributed by atoms with Gasteiger partial charge in [-0.3, -0.25) is 29.2 Å². The van der Waals surface area contributed by atoms with Crippen molar-refractivity contribution in [1.29, 1.82) is 0 Å². The summed E-state index contributed by atoms with van der Waals surface area (Å²) >= 11 is 0. The minimum absolute atomic E-state index is 0.0367. The minimum Gasteiger partial charge on any atom is -0.433 e. The molecule has 5 atom stereocenters. The second kappa shape index (κ2) is 11.0. The number of rotatable bonds is 6. The lowest BCUT2D eigenvalue weighted by Crippen LogP contribution is -2.66. The summed E-state index contributed by atoms with van der Waals surface area (Å²) in [6.07, 6.45) is 0.475. The minimum atomic E-state index is -1.35. The number of nitrogens with one attached hydrogen (secondary N) is 2. The number of hydrazine groups is 1. The number of ether oxygens (including phenoxy) is 2. The molecule has 1 aromatic carbocycles. The van der Waals surface area contributed by atoms with Crippen molar-refractivity contribution in [3.8, 4) is 0 Å². The van der Waals surface area contributed by atoms with Gasteiger partial charge in [-0.25, -0.2) is 0 Å². The van der Waals surface area contributed by atoms with Crippen LogP contribution in [0.15, 0.2) is 36.5 Å². The highest BCUT2D eigenvalue weighted by atomic mass is 16.7. The Morgan fingerprint density at radius 3 is 2.79 bits per heavy atom. The van der Waals surface area contributed by atoms with E-state index in [1.54, 1.807) is 25.3 Å². The summed E-state index contributed by atoms with van der Waals surface area (Å²) < 4.78 is 10.6. The van der Waals surface area contributed by atoms with Crippen molar-refractivity contribution in [2.24, 2.45) is 0 Å². The maximum absolute atomic E-state index is 13.4. The van der Waals surface area contributed by atoms with Crippen LogP contribution in [0.5, 0.6) is 0 Å². The summed E-state index contributed by atoms with van der Waals surface area (Å²) in [5.74, 6) is -1.66. The van der Waals surface area contributed by atoms with Gasteiger partial charge in [0.15, 0.2) is 0 Å². The van der Waals surface area contributed by atoms with Gasteiger partial charge in [0.1, 0.15) is 24.0 Å². The third-order valence-electron chi connectivity index (χ3n) is 7.16. The van der Waals surface area contributed by atoms with Crippen molar-refractivity contribution >= 4 is 34.5 Å². The average Bonchev–Trinajstić information content (AvgIpc) is 3.21. The van der Waals surface area contributed by atoms with Gasteiger partial charge in [-0.1, -0.05) is 24.3 Å². The monoisotopic (exact) mass is 525 g/mol. The summed E-state index contributed by atoms with van der Waals surface area (Å²) in [5.41, 5.74) is 0.212. The van der Waals surface area contributed by atoms with Crippen LogP contribution in [-0.4, -0.2) is 87.6 Å². The molecule has 3 N–H and O–H groups in total. The summed E-state index contributed by atoms with van der Waals surface area (Å²) in [6, 6.07) is 6.74. The number of pyridine rings is 1. The fraction of sp³-hybridized carbons (Fsp3) is 0.500. The van der Waals surface area contributed by atoms with Crippen molar-refractivity contribution in [1.82, 2.24) is 25.6 Å². The SMILES string of the molecule is CCO[C@@H]1OC(=O)C[C@@H]1NC(=O)[C@@H]1CCCN2C(=O)CC[C@H](NC(=O)c3nccc4ccccc34)C(O)N12. The molecule has 0 radical (unpaired) electrons. The molecular formula is C26H31N5O7. The standard InChI is InChI=1S/C26H31N5O7/c1-2-37-26-18(14-21(33)38-26)29-23(34)19-8-5-13-30-20(32)10-9-17(25(36)31(19)30)28-24(35)22-16-7-4-3-6-15(16)11-12-27-22/h3-4,6-7,11-12,17-19,25-26,36H,2,5,8-10,13-14H2,1H3,(H,28,35)(H,29,34)/t17-,18-,19-,25?,26+/m0/s1. The predicted molar refractivity (Wildman–Crippen MR) is 133 cm³/mol. The van der Waals surface area contributed by atoms with Crippen LogP contribution >= 0.6 is 0 Å². The zero-order valence-corrected chi connectivity index (χ0v) is 21.0. The largest absolute Gasteiger partial charge is 0.433 e. The van der Waals surface area contributed by atoms with Gasteiger partial charge < -0.3 is 25.2 Å². The van der Waals surface area contributed by atoms with Gasteiger partial charge in [-0.05, 0) is 37.6 Å². The number of fused-ring (bicyclic) bond motifs is 2. The number of esters is 1. The van der Waals surface area contributed by atoms with Crippen molar-refractivity contribution < 1.29 is 33.8 Å². The lowest BCUT2D eigenvalue weighted by Gasteiger charge is -2.45. The molecule has 0 bridgehead atoms. The van der Waals surface area contributed by atoms with Crippen LogP contribution in [-0.2, 0) is 23.9 Å². The molecule has 4 heterocycles. The van der Waals surface area contributed by atoms with Crippen molar-refractivity contribution in [3.05, 3.63) is 42.2 Å². The van der Waals surface area contributed by atoms with Crippen molar-refractivity contribution in [3.63, 3.8) is 0 Å². The number of carbonyl (C=O) groups excluding carboxylic acids is 4. The zero-order valence-electron chi connectivity index (χ0n) is 21.0. The Labute approximate surface area is 219 Å². The zero-order chi connectivity index (χ0) is 26.8. The van der Waals surface area contributed by atoms with E-state index < -0.39 is 48.4 Å². The number of amides is 3. The fourth-order valence-electron chi connectivity index (χ4n) is 5.36. The van der Waals surface area contributed by atoms with Crippen LogP contribution < -0.4 is 10.6 Å². The number of aliphatic hydroxyl groups excluding tert-OH is 1. The Balaban J connectivity index is 1.36. The number of benzene rings is 1. The topological polar surface area (TPSA) is 150 Å². The van der Waals surface area contributed by atoms with E-state index in [0.29, 0.717) is 31.4 Å². The third-order valence-corrected chi connectivity index (χ3v) is 7.16. The first-order valence-corrected chi connectivity index (χ1v) is 12.9. The van der Waals surface area contributed by atoms with E-state index >= 15 is 0 Å². The number of carbonyl (C=O) groups is 4. The first kappa shape index (κ1) is 26.0. The Hall–Kier alpha value is -3.61. The van der Waals surface area contributed by atoms with Gasteiger partial charge in [0, 0.05) is 31.2 Å². The molecule has 12 nitrogen and oxygen atoms in total. The molecule has 3 aliphatic rings. The summed E-state index contributed by atoms with van der Waals surface area (Å²) in [4.78, 5) is 55.7. The number of hydrogen-bond donors (Lipinski definition) is 3. The highest BCUT2D eigenvalue weighted by Gasteiger charge is 2.46. The lowest BCUT2D eigenvalue weighted by atomic mass is 10.0. The fourth-order valence-corrected chi connectivity index (χ4v) is 5.36. The summed E-state index contributed by atoms with van der Waals surface area (Å²) in [7, 11) is 0. The van der Waals surface area contributed by atoms with E-state index in [1.165, 1.54) is 10.0 Å². The summed E-state index contributed by atoms with van der Waals surface area (Å²) in [6.45, 7) is 2.40. The Bertz CT molecular complexity index is 1230. The van der Waals surface area contributed by atoms with E-state index in [0.717, 1.165) is 5.39 Å².